The number of rotatable bonds is 3. The molecule has 0 radical (unpaired) electrons. The van der Waals surface area contributed by atoms with Crippen molar-refractivity contribution in [1.82, 2.24) is 10.2 Å². The van der Waals surface area contributed by atoms with E-state index in [9.17, 15) is 4.79 Å². The number of nitrogens with zero attached hydrogens (tertiary/aromatic N) is 1. The first-order valence-corrected chi connectivity index (χ1v) is 8.25. The van der Waals surface area contributed by atoms with Crippen LogP contribution in [0.4, 0.5) is 0 Å². The summed E-state index contributed by atoms with van der Waals surface area (Å²) in [7, 11) is 0. The zero-order valence-electron chi connectivity index (χ0n) is 13.1. The van der Waals surface area contributed by atoms with Crippen LogP contribution >= 0.6 is 0 Å². The molecule has 0 aliphatic carbocycles. The number of benzene rings is 1. The molecular formula is C18H26N2O. The number of fused-ring (bicyclic) bond motifs is 2. The normalized spacial score (nSPS) is 26.7. The van der Waals surface area contributed by atoms with Crippen LogP contribution in [0.1, 0.15) is 44.6 Å². The zero-order valence-corrected chi connectivity index (χ0v) is 13.1. The fourth-order valence-corrected chi connectivity index (χ4v) is 3.81. The van der Waals surface area contributed by atoms with Crippen LogP contribution in [-0.2, 0) is 4.79 Å². The van der Waals surface area contributed by atoms with Crippen molar-refractivity contribution in [1.29, 1.82) is 0 Å². The Balaban J connectivity index is 1.78. The highest BCUT2D eigenvalue weighted by atomic mass is 16.2. The van der Waals surface area contributed by atoms with Crippen molar-refractivity contribution >= 4 is 5.91 Å². The number of hydrogen-bond donors (Lipinski definition) is 1. The van der Waals surface area contributed by atoms with Gasteiger partial charge in [-0.2, -0.15) is 0 Å². The van der Waals surface area contributed by atoms with Gasteiger partial charge in [0, 0.05) is 25.2 Å². The predicted octanol–water partition coefficient (Wildman–Crippen LogP) is 2.78. The Kier molecular flexibility index (Phi) is 4.29. The molecule has 2 aliphatic heterocycles. The highest BCUT2D eigenvalue weighted by Gasteiger charge is 2.34. The maximum absolute atomic E-state index is 13.1. The number of hydrogen-bond acceptors (Lipinski definition) is 2. The Morgan fingerprint density at radius 1 is 1.14 bits per heavy atom. The Bertz CT molecular complexity index is 485. The molecule has 114 valence electrons. The molecule has 1 aromatic rings. The molecule has 1 N–H and O–H groups in total. The zero-order chi connectivity index (χ0) is 14.8. The van der Waals surface area contributed by atoms with Crippen LogP contribution in [0.5, 0.6) is 0 Å². The van der Waals surface area contributed by atoms with E-state index in [4.69, 9.17) is 0 Å². The maximum atomic E-state index is 13.1. The van der Waals surface area contributed by atoms with E-state index < -0.39 is 0 Å². The first kappa shape index (κ1) is 14.6. The molecule has 2 aliphatic rings. The molecular weight excluding hydrogens is 260 g/mol. The molecule has 0 saturated carbocycles. The van der Waals surface area contributed by atoms with Gasteiger partial charge in [-0.05, 0) is 30.7 Å². The van der Waals surface area contributed by atoms with Crippen LogP contribution in [0.15, 0.2) is 30.3 Å². The Hall–Kier alpha value is -1.35. The van der Waals surface area contributed by atoms with Crippen LogP contribution < -0.4 is 5.32 Å². The van der Waals surface area contributed by atoms with E-state index >= 15 is 0 Å². The fourth-order valence-electron chi connectivity index (χ4n) is 3.81. The Morgan fingerprint density at radius 3 is 2.57 bits per heavy atom. The summed E-state index contributed by atoms with van der Waals surface area (Å²) in [6.07, 6.45) is 3.59. The minimum Gasteiger partial charge on any atom is -0.341 e. The first-order valence-electron chi connectivity index (χ1n) is 8.25. The van der Waals surface area contributed by atoms with Crippen molar-refractivity contribution < 1.29 is 4.79 Å². The third-order valence-electron chi connectivity index (χ3n) is 4.93. The number of nitrogens with one attached hydrogen (secondary N) is 1. The summed E-state index contributed by atoms with van der Waals surface area (Å²) in [5.41, 5.74) is 1.15. The summed E-state index contributed by atoms with van der Waals surface area (Å²) in [6.45, 7) is 6.09. The van der Waals surface area contributed by atoms with Crippen LogP contribution in [0.25, 0.3) is 0 Å². The smallest absolute Gasteiger partial charge is 0.230 e. The number of carbonyl (C=O) groups is 1. The van der Waals surface area contributed by atoms with Crippen LogP contribution in [-0.4, -0.2) is 36.0 Å². The molecule has 2 saturated heterocycles. The summed E-state index contributed by atoms with van der Waals surface area (Å²) in [4.78, 5) is 15.2. The van der Waals surface area contributed by atoms with Gasteiger partial charge in [-0.3, -0.25) is 4.79 Å². The van der Waals surface area contributed by atoms with Crippen molar-refractivity contribution in [3.05, 3.63) is 35.9 Å². The average molecular weight is 286 g/mol. The molecule has 3 unspecified atom stereocenters. The SMILES string of the molecule is CC(C)C(C(=O)N1CCC2CCC(C1)N2)c1ccccc1. The molecule has 0 aromatic heterocycles. The molecule has 2 bridgehead atoms. The summed E-state index contributed by atoms with van der Waals surface area (Å²) in [5.74, 6) is 0.627. The summed E-state index contributed by atoms with van der Waals surface area (Å²) < 4.78 is 0. The predicted molar refractivity (Wildman–Crippen MR) is 85.2 cm³/mol. The van der Waals surface area contributed by atoms with Gasteiger partial charge in [0.1, 0.15) is 0 Å². The van der Waals surface area contributed by atoms with Crippen LogP contribution in [0.3, 0.4) is 0 Å². The van der Waals surface area contributed by atoms with Crippen molar-refractivity contribution in [3.63, 3.8) is 0 Å². The lowest BCUT2D eigenvalue weighted by molar-refractivity contribution is -0.134. The minimum absolute atomic E-state index is 0.0113. The van der Waals surface area contributed by atoms with Crippen molar-refractivity contribution in [2.24, 2.45) is 5.92 Å². The van der Waals surface area contributed by atoms with E-state index in [1.165, 1.54) is 12.8 Å². The lowest BCUT2D eigenvalue weighted by atomic mass is 9.87. The van der Waals surface area contributed by atoms with Gasteiger partial charge in [-0.25, -0.2) is 0 Å². The number of likely N-dealkylation sites (tertiary alicyclic amines) is 1. The number of amides is 1. The van der Waals surface area contributed by atoms with E-state index in [0.29, 0.717) is 23.9 Å². The molecule has 2 fully saturated rings. The maximum Gasteiger partial charge on any atom is 0.230 e. The third kappa shape index (κ3) is 3.13. The van der Waals surface area contributed by atoms with Crippen molar-refractivity contribution in [2.45, 2.75) is 51.1 Å². The largest absolute Gasteiger partial charge is 0.341 e. The van der Waals surface area contributed by atoms with E-state index in [-0.39, 0.29) is 5.92 Å². The second kappa shape index (κ2) is 6.18. The average Bonchev–Trinajstić information content (AvgIpc) is 2.79. The monoisotopic (exact) mass is 286 g/mol. The molecule has 1 amide bonds. The minimum atomic E-state index is -0.0113. The quantitative estimate of drug-likeness (QED) is 0.926. The Labute approximate surface area is 127 Å². The van der Waals surface area contributed by atoms with Gasteiger partial charge in [0.05, 0.1) is 5.92 Å². The molecule has 3 nitrogen and oxygen atoms in total. The van der Waals surface area contributed by atoms with E-state index in [1.807, 2.05) is 18.2 Å². The summed E-state index contributed by atoms with van der Waals surface area (Å²) in [6, 6.07) is 11.4. The molecule has 21 heavy (non-hydrogen) atoms. The summed E-state index contributed by atoms with van der Waals surface area (Å²) in [5, 5.41) is 3.65. The van der Waals surface area contributed by atoms with E-state index in [0.717, 1.165) is 25.1 Å². The van der Waals surface area contributed by atoms with Crippen LogP contribution in [0, 0.1) is 5.92 Å². The highest BCUT2D eigenvalue weighted by Crippen LogP contribution is 2.29. The van der Waals surface area contributed by atoms with E-state index in [1.54, 1.807) is 0 Å². The van der Waals surface area contributed by atoms with Gasteiger partial charge in [-0.15, -0.1) is 0 Å². The van der Waals surface area contributed by atoms with Gasteiger partial charge in [0.2, 0.25) is 5.91 Å². The topological polar surface area (TPSA) is 32.3 Å². The molecule has 2 heterocycles. The third-order valence-corrected chi connectivity index (χ3v) is 4.93. The van der Waals surface area contributed by atoms with Gasteiger partial charge in [0.25, 0.3) is 0 Å². The lowest BCUT2D eigenvalue weighted by Crippen LogP contribution is -2.42. The van der Waals surface area contributed by atoms with Crippen molar-refractivity contribution in [3.8, 4) is 0 Å². The van der Waals surface area contributed by atoms with Crippen molar-refractivity contribution in [2.75, 3.05) is 13.1 Å². The van der Waals surface area contributed by atoms with Gasteiger partial charge in [-0.1, -0.05) is 44.2 Å². The second-order valence-corrected chi connectivity index (χ2v) is 6.84. The van der Waals surface area contributed by atoms with Gasteiger partial charge >= 0.3 is 0 Å². The number of carbonyl (C=O) groups excluding carboxylic acids is 1. The molecule has 1 aromatic carbocycles. The summed E-state index contributed by atoms with van der Waals surface area (Å²) >= 11 is 0. The Morgan fingerprint density at radius 2 is 1.86 bits per heavy atom. The molecule has 3 heteroatoms. The van der Waals surface area contributed by atoms with Crippen LogP contribution in [0.2, 0.25) is 0 Å². The highest BCUT2D eigenvalue weighted by molar-refractivity contribution is 5.84. The fraction of sp³-hybridized carbons (Fsp3) is 0.611. The lowest BCUT2D eigenvalue weighted by Gasteiger charge is -2.30. The van der Waals surface area contributed by atoms with Gasteiger partial charge < -0.3 is 10.2 Å². The first-order chi connectivity index (χ1) is 10.1. The van der Waals surface area contributed by atoms with Gasteiger partial charge in [0.15, 0.2) is 0 Å². The molecule has 0 spiro atoms. The second-order valence-electron chi connectivity index (χ2n) is 6.84. The molecule has 3 atom stereocenters. The van der Waals surface area contributed by atoms with E-state index in [2.05, 4.69) is 36.2 Å². The standard InChI is InChI=1S/C18H26N2O/c1-13(2)17(14-6-4-3-5-7-14)18(21)20-11-10-15-8-9-16(12-20)19-15/h3-7,13,15-17,19H,8-12H2,1-2H3. The molecule has 3 rings (SSSR count).